The van der Waals surface area contributed by atoms with Crippen molar-refractivity contribution in [1.29, 1.82) is 0 Å². The van der Waals surface area contributed by atoms with E-state index < -0.39 is 0 Å². The van der Waals surface area contributed by atoms with E-state index in [0.29, 0.717) is 18.7 Å². The molecule has 1 aliphatic rings. The number of nitrogens with zero attached hydrogens (tertiary/aromatic N) is 2. The van der Waals surface area contributed by atoms with Crippen molar-refractivity contribution < 1.29 is 4.74 Å². The Labute approximate surface area is 107 Å². The lowest BCUT2D eigenvalue weighted by molar-refractivity contribution is -0.0595. The molecule has 17 heavy (non-hydrogen) atoms. The topological polar surface area (TPSA) is 51.4 Å². The molecule has 96 valence electrons. The summed E-state index contributed by atoms with van der Waals surface area (Å²) in [5, 5.41) is 3.14. The first-order chi connectivity index (χ1) is 8.22. The third kappa shape index (κ3) is 3.25. The van der Waals surface area contributed by atoms with Crippen LogP contribution in [0.25, 0.3) is 0 Å². The fraction of sp³-hybridized carbons (Fsp3) is 0.750. The molecule has 1 aromatic rings. The van der Waals surface area contributed by atoms with E-state index in [1.54, 1.807) is 11.3 Å². The van der Waals surface area contributed by atoms with Crippen LogP contribution in [-0.4, -0.2) is 35.2 Å². The smallest absolute Gasteiger partial charge is 0.106 e. The van der Waals surface area contributed by atoms with Crippen LogP contribution in [0.3, 0.4) is 0 Å². The van der Waals surface area contributed by atoms with Crippen LogP contribution in [0.4, 0.5) is 0 Å². The number of hydrogen-bond donors (Lipinski definition) is 1. The molecule has 1 aliphatic heterocycles. The van der Waals surface area contributed by atoms with Gasteiger partial charge in [-0.25, -0.2) is 4.98 Å². The summed E-state index contributed by atoms with van der Waals surface area (Å²) in [5.74, 6) is 0. The molecule has 0 bridgehead atoms. The molecular weight excluding hydrogens is 234 g/mol. The van der Waals surface area contributed by atoms with E-state index in [9.17, 15) is 0 Å². The zero-order valence-electron chi connectivity index (χ0n) is 10.6. The van der Waals surface area contributed by atoms with Crippen molar-refractivity contribution in [3.05, 3.63) is 16.1 Å². The Bertz CT molecular complexity index is 355. The normalized spacial score (nSPS) is 26.3. The predicted octanol–water partition coefficient (Wildman–Crippen LogP) is 1.60. The zero-order chi connectivity index (χ0) is 12.3. The van der Waals surface area contributed by atoms with Gasteiger partial charge in [0.25, 0.3) is 0 Å². The van der Waals surface area contributed by atoms with Crippen molar-refractivity contribution in [3.8, 4) is 0 Å². The molecule has 1 aromatic heterocycles. The van der Waals surface area contributed by atoms with Gasteiger partial charge in [-0.15, -0.1) is 11.3 Å². The highest BCUT2D eigenvalue weighted by atomic mass is 32.1. The summed E-state index contributed by atoms with van der Waals surface area (Å²) < 4.78 is 5.70. The fourth-order valence-electron chi connectivity index (χ4n) is 2.21. The van der Waals surface area contributed by atoms with Crippen LogP contribution in [-0.2, 0) is 17.8 Å². The monoisotopic (exact) mass is 255 g/mol. The van der Waals surface area contributed by atoms with Gasteiger partial charge < -0.3 is 10.5 Å². The van der Waals surface area contributed by atoms with E-state index in [0.717, 1.165) is 36.8 Å². The van der Waals surface area contributed by atoms with E-state index >= 15 is 0 Å². The van der Waals surface area contributed by atoms with Gasteiger partial charge in [0.1, 0.15) is 5.01 Å². The van der Waals surface area contributed by atoms with Gasteiger partial charge in [0, 0.05) is 31.1 Å². The average Bonchev–Trinajstić information content (AvgIpc) is 2.77. The maximum atomic E-state index is 5.70. The Hall–Kier alpha value is -0.490. The second-order valence-corrected chi connectivity index (χ2v) is 5.51. The largest absolute Gasteiger partial charge is 0.376 e. The number of morpholine rings is 1. The lowest BCUT2D eigenvalue weighted by Crippen LogP contribution is -2.47. The Morgan fingerprint density at radius 3 is 3.12 bits per heavy atom. The molecule has 2 rings (SSSR count). The summed E-state index contributed by atoms with van der Waals surface area (Å²) in [6.45, 7) is 7.64. The minimum Gasteiger partial charge on any atom is -0.376 e. The van der Waals surface area contributed by atoms with Crippen molar-refractivity contribution in [2.45, 2.75) is 45.5 Å². The van der Waals surface area contributed by atoms with E-state index in [-0.39, 0.29) is 0 Å². The third-order valence-corrected chi connectivity index (χ3v) is 4.11. The van der Waals surface area contributed by atoms with Crippen molar-refractivity contribution in [1.82, 2.24) is 9.88 Å². The molecule has 0 aromatic carbocycles. The molecule has 0 radical (unpaired) electrons. The van der Waals surface area contributed by atoms with Crippen molar-refractivity contribution in [3.63, 3.8) is 0 Å². The summed E-state index contributed by atoms with van der Waals surface area (Å²) >= 11 is 1.65. The molecule has 2 N–H and O–H groups in total. The van der Waals surface area contributed by atoms with Crippen molar-refractivity contribution in [2.75, 3.05) is 13.2 Å². The zero-order valence-corrected chi connectivity index (χ0v) is 11.4. The Balaban J connectivity index is 1.99. The Morgan fingerprint density at radius 1 is 1.65 bits per heavy atom. The van der Waals surface area contributed by atoms with E-state index in [1.165, 1.54) is 0 Å². The highest BCUT2D eigenvalue weighted by Gasteiger charge is 2.25. The molecule has 0 saturated carbocycles. The van der Waals surface area contributed by atoms with Gasteiger partial charge >= 0.3 is 0 Å². The van der Waals surface area contributed by atoms with Gasteiger partial charge in [0.15, 0.2) is 0 Å². The molecule has 1 fully saturated rings. The van der Waals surface area contributed by atoms with Crippen LogP contribution in [0, 0.1) is 0 Å². The first-order valence-electron chi connectivity index (χ1n) is 6.22. The average molecular weight is 255 g/mol. The van der Waals surface area contributed by atoms with Gasteiger partial charge in [-0.1, -0.05) is 6.92 Å². The molecule has 2 atom stereocenters. The first-order valence-corrected chi connectivity index (χ1v) is 7.09. The van der Waals surface area contributed by atoms with Gasteiger partial charge in [-0.2, -0.15) is 0 Å². The number of rotatable bonds is 4. The van der Waals surface area contributed by atoms with E-state index in [2.05, 4.69) is 29.1 Å². The lowest BCUT2D eigenvalue weighted by atomic mass is 10.1. The lowest BCUT2D eigenvalue weighted by Gasteiger charge is -2.37. The van der Waals surface area contributed by atoms with Crippen LogP contribution in [0.1, 0.15) is 31.0 Å². The maximum Gasteiger partial charge on any atom is 0.106 e. The second-order valence-electron chi connectivity index (χ2n) is 4.57. The fourth-order valence-corrected chi connectivity index (χ4v) is 2.87. The summed E-state index contributed by atoms with van der Waals surface area (Å²) in [4.78, 5) is 7.00. The van der Waals surface area contributed by atoms with Crippen LogP contribution >= 0.6 is 11.3 Å². The molecule has 2 unspecified atom stereocenters. The minimum absolute atomic E-state index is 0.324. The van der Waals surface area contributed by atoms with E-state index in [1.807, 2.05) is 0 Å². The van der Waals surface area contributed by atoms with Crippen LogP contribution < -0.4 is 5.73 Å². The predicted molar refractivity (Wildman–Crippen MR) is 69.9 cm³/mol. The van der Waals surface area contributed by atoms with Gasteiger partial charge in [-0.05, 0) is 13.3 Å². The number of thiazole rings is 1. The maximum absolute atomic E-state index is 5.70. The summed E-state index contributed by atoms with van der Waals surface area (Å²) in [7, 11) is 0. The number of hydrogen-bond acceptors (Lipinski definition) is 5. The van der Waals surface area contributed by atoms with Crippen molar-refractivity contribution in [2.24, 2.45) is 5.73 Å². The van der Waals surface area contributed by atoms with Gasteiger partial charge in [0.2, 0.25) is 0 Å². The molecule has 4 nitrogen and oxygen atoms in total. The molecule has 0 aliphatic carbocycles. The first kappa shape index (κ1) is 13.0. The van der Waals surface area contributed by atoms with Crippen molar-refractivity contribution >= 4 is 11.3 Å². The highest BCUT2D eigenvalue weighted by Crippen LogP contribution is 2.18. The van der Waals surface area contributed by atoms with Gasteiger partial charge in [0.05, 0.1) is 18.4 Å². The number of aromatic nitrogens is 1. The molecule has 5 heteroatoms. The van der Waals surface area contributed by atoms with Gasteiger partial charge in [-0.3, -0.25) is 4.90 Å². The summed E-state index contributed by atoms with van der Waals surface area (Å²) in [6, 6.07) is 0.522. The van der Waals surface area contributed by atoms with Crippen LogP contribution in [0.2, 0.25) is 0 Å². The highest BCUT2D eigenvalue weighted by molar-refractivity contribution is 7.09. The molecular formula is C12H21N3OS. The summed E-state index contributed by atoms with van der Waals surface area (Å²) in [6.07, 6.45) is 1.45. The molecule has 2 heterocycles. The second kappa shape index (κ2) is 5.91. The third-order valence-electron chi connectivity index (χ3n) is 3.19. The number of nitrogens with two attached hydrogens (primary N) is 1. The SMILES string of the molecule is CCC1COC(C)CN1Cc1csc(CN)n1. The minimum atomic E-state index is 0.324. The van der Waals surface area contributed by atoms with Crippen LogP contribution in [0.15, 0.2) is 5.38 Å². The standard InChI is InChI=1S/C12H21N3OS/c1-3-11-7-16-9(2)5-15(11)6-10-8-17-12(4-13)14-10/h8-9,11H,3-7,13H2,1-2H3. The Morgan fingerprint density at radius 2 is 2.47 bits per heavy atom. The molecule has 1 saturated heterocycles. The Kier molecular flexibility index (Phi) is 4.50. The summed E-state index contributed by atoms with van der Waals surface area (Å²) in [5.41, 5.74) is 6.73. The van der Waals surface area contributed by atoms with Crippen LogP contribution in [0.5, 0.6) is 0 Å². The number of ether oxygens (including phenoxy) is 1. The molecule has 0 amide bonds. The molecule has 0 spiro atoms. The quantitative estimate of drug-likeness (QED) is 0.888. The van der Waals surface area contributed by atoms with E-state index in [4.69, 9.17) is 10.5 Å².